The molecule has 2 aromatic heterocycles. The molecule has 0 aliphatic rings. The third-order valence-electron chi connectivity index (χ3n) is 2.49. The van der Waals surface area contributed by atoms with Crippen LogP contribution in [0, 0.1) is 0 Å². The van der Waals surface area contributed by atoms with E-state index in [9.17, 15) is 5.11 Å². The molecule has 0 saturated heterocycles. The van der Waals surface area contributed by atoms with Gasteiger partial charge in [0.05, 0.1) is 5.52 Å². The highest BCUT2D eigenvalue weighted by Gasteiger charge is 2.07. The molecule has 0 atom stereocenters. The summed E-state index contributed by atoms with van der Waals surface area (Å²) in [5, 5.41) is 11.9. The van der Waals surface area contributed by atoms with Gasteiger partial charge >= 0.3 is 0 Å². The molecule has 0 amide bonds. The van der Waals surface area contributed by atoms with Crippen LogP contribution in [0.3, 0.4) is 0 Å². The first-order chi connectivity index (χ1) is 7.75. The Balaban J connectivity index is 2.59. The summed E-state index contributed by atoms with van der Waals surface area (Å²) in [6.45, 7) is 0. The third-order valence-corrected chi connectivity index (χ3v) is 2.70. The van der Waals surface area contributed by atoms with E-state index < -0.39 is 0 Å². The van der Waals surface area contributed by atoms with Gasteiger partial charge in [0.15, 0.2) is 0 Å². The molecule has 0 aliphatic carbocycles. The fraction of sp³-hybridized carbons (Fsp3) is 0. The first-order valence-electron chi connectivity index (χ1n) is 4.78. The van der Waals surface area contributed by atoms with Crippen molar-refractivity contribution in [1.29, 1.82) is 0 Å². The van der Waals surface area contributed by atoms with Gasteiger partial charge in [-0.05, 0) is 24.3 Å². The van der Waals surface area contributed by atoms with E-state index in [2.05, 4.69) is 9.97 Å². The van der Waals surface area contributed by atoms with Crippen LogP contribution in [0.25, 0.3) is 21.8 Å². The number of hydrogen-bond donors (Lipinski definition) is 1. The lowest BCUT2D eigenvalue weighted by molar-refractivity contribution is 0.481. The largest absolute Gasteiger partial charge is 0.506 e. The van der Waals surface area contributed by atoms with Gasteiger partial charge in [0.2, 0.25) is 0 Å². The minimum Gasteiger partial charge on any atom is -0.506 e. The molecule has 1 aromatic carbocycles. The lowest BCUT2D eigenvalue weighted by Gasteiger charge is -2.04. The summed E-state index contributed by atoms with van der Waals surface area (Å²) in [5.41, 5.74) is 1.30. The van der Waals surface area contributed by atoms with E-state index >= 15 is 0 Å². The van der Waals surface area contributed by atoms with Crippen LogP contribution in [0.2, 0.25) is 5.15 Å². The lowest BCUT2D eigenvalue weighted by Crippen LogP contribution is -1.85. The van der Waals surface area contributed by atoms with Crippen molar-refractivity contribution >= 4 is 33.4 Å². The number of benzene rings is 1. The predicted octanol–water partition coefficient (Wildman–Crippen LogP) is 3.14. The molecule has 16 heavy (non-hydrogen) atoms. The van der Waals surface area contributed by atoms with E-state index in [4.69, 9.17) is 11.6 Å². The summed E-state index contributed by atoms with van der Waals surface area (Å²) in [6.07, 6.45) is 1.72. The lowest BCUT2D eigenvalue weighted by atomic mass is 10.1. The highest BCUT2D eigenvalue weighted by molar-refractivity contribution is 6.30. The summed E-state index contributed by atoms with van der Waals surface area (Å²) in [4.78, 5) is 8.39. The zero-order valence-electron chi connectivity index (χ0n) is 8.18. The van der Waals surface area contributed by atoms with E-state index in [1.807, 2.05) is 18.2 Å². The van der Waals surface area contributed by atoms with Crippen LogP contribution >= 0.6 is 11.6 Å². The van der Waals surface area contributed by atoms with Gasteiger partial charge in [0, 0.05) is 17.0 Å². The van der Waals surface area contributed by atoms with Crippen LogP contribution in [0.15, 0.2) is 36.5 Å². The second kappa shape index (κ2) is 3.32. The summed E-state index contributed by atoms with van der Waals surface area (Å²) < 4.78 is 0. The molecule has 0 fully saturated rings. The van der Waals surface area contributed by atoms with Crippen molar-refractivity contribution in [1.82, 2.24) is 9.97 Å². The van der Waals surface area contributed by atoms with Gasteiger partial charge in [-0.15, -0.1) is 0 Å². The standard InChI is InChI=1S/C12H7ClN2O/c13-10-4-3-8-11-7(2-1-5-14-11)6-9(16)12(8)15-10/h1-6,16H. The minimum atomic E-state index is 0.123. The number of rotatable bonds is 0. The van der Waals surface area contributed by atoms with Crippen molar-refractivity contribution in [2.45, 2.75) is 0 Å². The van der Waals surface area contributed by atoms with Crippen LogP contribution in [-0.2, 0) is 0 Å². The summed E-state index contributed by atoms with van der Waals surface area (Å²) in [7, 11) is 0. The van der Waals surface area contributed by atoms with Crippen LogP contribution in [0.5, 0.6) is 5.75 Å². The first kappa shape index (κ1) is 9.36. The number of pyridine rings is 2. The summed E-state index contributed by atoms with van der Waals surface area (Å²) in [6, 6.07) is 8.89. The van der Waals surface area contributed by atoms with Gasteiger partial charge in [-0.3, -0.25) is 4.98 Å². The number of fused-ring (bicyclic) bond motifs is 3. The van der Waals surface area contributed by atoms with E-state index in [1.165, 1.54) is 0 Å². The van der Waals surface area contributed by atoms with Crippen LogP contribution < -0.4 is 0 Å². The SMILES string of the molecule is Oc1cc2cccnc2c2ccc(Cl)nc12. The Morgan fingerprint density at radius 3 is 2.88 bits per heavy atom. The van der Waals surface area contributed by atoms with Crippen molar-refractivity contribution in [2.24, 2.45) is 0 Å². The first-order valence-corrected chi connectivity index (χ1v) is 5.16. The normalized spacial score (nSPS) is 11.1. The Kier molecular flexibility index (Phi) is 1.94. The van der Waals surface area contributed by atoms with Gasteiger partial charge in [-0.1, -0.05) is 17.7 Å². The third kappa shape index (κ3) is 1.29. The highest BCUT2D eigenvalue weighted by atomic mass is 35.5. The quantitative estimate of drug-likeness (QED) is 0.477. The maximum Gasteiger partial charge on any atom is 0.142 e. The van der Waals surface area contributed by atoms with Crippen LogP contribution in [0.4, 0.5) is 0 Å². The van der Waals surface area contributed by atoms with Crippen molar-refractivity contribution in [3.8, 4) is 5.75 Å². The minimum absolute atomic E-state index is 0.123. The average Bonchev–Trinajstić information content (AvgIpc) is 2.29. The molecule has 0 bridgehead atoms. The number of phenolic OH excluding ortho intramolecular Hbond substituents is 1. The van der Waals surface area contributed by atoms with Gasteiger partial charge < -0.3 is 5.11 Å². The second-order valence-corrected chi connectivity index (χ2v) is 3.89. The number of halogens is 1. The molecule has 0 spiro atoms. The fourth-order valence-corrected chi connectivity index (χ4v) is 1.94. The molecule has 1 N–H and O–H groups in total. The van der Waals surface area contributed by atoms with Crippen LogP contribution in [0.1, 0.15) is 0 Å². The average molecular weight is 231 g/mol. The molecule has 3 nitrogen and oxygen atoms in total. The van der Waals surface area contributed by atoms with Gasteiger partial charge in [0.25, 0.3) is 0 Å². The molecule has 4 heteroatoms. The van der Waals surface area contributed by atoms with E-state index in [0.29, 0.717) is 10.7 Å². The Labute approximate surface area is 96.3 Å². The fourth-order valence-electron chi connectivity index (χ4n) is 1.80. The van der Waals surface area contributed by atoms with Crippen molar-refractivity contribution < 1.29 is 5.11 Å². The highest BCUT2D eigenvalue weighted by Crippen LogP contribution is 2.30. The van der Waals surface area contributed by atoms with E-state index in [-0.39, 0.29) is 5.75 Å². The van der Waals surface area contributed by atoms with Gasteiger partial charge in [0.1, 0.15) is 16.4 Å². The predicted molar refractivity (Wildman–Crippen MR) is 63.7 cm³/mol. The maximum absolute atomic E-state index is 9.84. The monoisotopic (exact) mass is 230 g/mol. The van der Waals surface area contributed by atoms with Gasteiger partial charge in [-0.2, -0.15) is 0 Å². The summed E-state index contributed by atoms with van der Waals surface area (Å²) in [5.74, 6) is 0.123. The number of aromatic hydroxyl groups is 1. The maximum atomic E-state index is 9.84. The number of aromatic nitrogens is 2. The Morgan fingerprint density at radius 2 is 2.00 bits per heavy atom. The topological polar surface area (TPSA) is 46.0 Å². The zero-order chi connectivity index (χ0) is 11.1. The molecule has 3 aromatic rings. The molecule has 3 rings (SSSR count). The molecule has 0 radical (unpaired) electrons. The van der Waals surface area contributed by atoms with Crippen LogP contribution in [-0.4, -0.2) is 15.1 Å². The number of phenols is 1. The van der Waals surface area contributed by atoms with Crippen molar-refractivity contribution in [3.63, 3.8) is 0 Å². The zero-order valence-corrected chi connectivity index (χ0v) is 8.94. The molecule has 0 saturated carbocycles. The molecular formula is C12H7ClN2O. The Morgan fingerprint density at radius 1 is 1.12 bits per heavy atom. The number of nitrogens with zero attached hydrogens (tertiary/aromatic N) is 2. The Hall–Kier alpha value is -1.87. The molecule has 2 heterocycles. The molecular weight excluding hydrogens is 224 g/mol. The Bertz CT molecular complexity index is 697. The second-order valence-electron chi connectivity index (χ2n) is 3.50. The smallest absolute Gasteiger partial charge is 0.142 e. The molecule has 0 unspecified atom stereocenters. The number of hydrogen-bond acceptors (Lipinski definition) is 3. The summed E-state index contributed by atoms with van der Waals surface area (Å²) >= 11 is 5.80. The van der Waals surface area contributed by atoms with E-state index in [1.54, 1.807) is 18.3 Å². The van der Waals surface area contributed by atoms with Gasteiger partial charge in [-0.25, -0.2) is 4.98 Å². The van der Waals surface area contributed by atoms with Crippen molar-refractivity contribution in [3.05, 3.63) is 41.7 Å². The molecule has 0 aliphatic heterocycles. The molecule has 78 valence electrons. The van der Waals surface area contributed by atoms with E-state index in [0.717, 1.165) is 16.3 Å². The van der Waals surface area contributed by atoms with Crippen molar-refractivity contribution in [2.75, 3.05) is 0 Å².